The average molecular weight is 319 g/mol. The van der Waals surface area contributed by atoms with Crippen LogP contribution in [0.15, 0.2) is 43.0 Å². The van der Waals surface area contributed by atoms with Gasteiger partial charge in [-0.3, -0.25) is 0 Å². The van der Waals surface area contributed by atoms with Gasteiger partial charge in [-0.15, -0.1) is 6.58 Å². The molecular weight excluding hydrogens is 290 g/mol. The molecule has 0 aromatic heterocycles. The van der Waals surface area contributed by atoms with Crippen LogP contribution < -0.4 is 0 Å². The third kappa shape index (κ3) is 4.42. The number of hydrogen-bond donors (Lipinski definition) is 1. The summed E-state index contributed by atoms with van der Waals surface area (Å²) in [7, 11) is 0. The van der Waals surface area contributed by atoms with E-state index in [0.717, 1.165) is 5.56 Å². The Morgan fingerprint density at radius 3 is 2.39 bits per heavy atom. The molecule has 4 nitrogen and oxygen atoms in total. The molecule has 0 saturated carbocycles. The van der Waals surface area contributed by atoms with E-state index in [0.29, 0.717) is 6.54 Å². The lowest BCUT2D eigenvalue weighted by Gasteiger charge is -2.40. The molecule has 0 unspecified atom stereocenters. The molecule has 1 aliphatic heterocycles. The zero-order valence-corrected chi connectivity index (χ0v) is 14.8. The molecular formula is C19H29NO3. The Labute approximate surface area is 139 Å². The van der Waals surface area contributed by atoms with Gasteiger partial charge in [0.1, 0.15) is 12.2 Å². The van der Waals surface area contributed by atoms with Crippen molar-refractivity contribution in [2.75, 3.05) is 0 Å². The fraction of sp³-hybridized carbons (Fsp3) is 0.579. The largest absolute Gasteiger partial charge is 0.342 e. The summed E-state index contributed by atoms with van der Waals surface area (Å²) in [5.74, 6) is -0.680. The van der Waals surface area contributed by atoms with Gasteiger partial charge in [0, 0.05) is 6.54 Å². The molecule has 1 aromatic carbocycles. The van der Waals surface area contributed by atoms with E-state index in [1.54, 1.807) is 6.08 Å². The lowest BCUT2D eigenvalue weighted by Crippen LogP contribution is -2.53. The molecule has 0 bridgehead atoms. The Morgan fingerprint density at radius 1 is 1.26 bits per heavy atom. The Morgan fingerprint density at radius 2 is 1.87 bits per heavy atom. The highest BCUT2D eigenvalue weighted by Crippen LogP contribution is 2.38. The van der Waals surface area contributed by atoms with Gasteiger partial charge in [0.25, 0.3) is 0 Å². The van der Waals surface area contributed by atoms with E-state index < -0.39 is 5.79 Å². The Hall–Kier alpha value is -1.20. The minimum atomic E-state index is -0.680. The van der Waals surface area contributed by atoms with Gasteiger partial charge < -0.3 is 14.7 Å². The van der Waals surface area contributed by atoms with Crippen LogP contribution in [0.3, 0.4) is 0 Å². The summed E-state index contributed by atoms with van der Waals surface area (Å²) in [6.07, 6.45) is 1.23. The minimum absolute atomic E-state index is 0.195. The van der Waals surface area contributed by atoms with E-state index in [1.165, 1.54) is 5.06 Å². The monoisotopic (exact) mass is 319 g/mol. The molecule has 0 amide bonds. The summed E-state index contributed by atoms with van der Waals surface area (Å²) in [5.41, 5.74) is 0.858. The molecule has 3 atom stereocenters. The highest BCUT2D eigenvalue weighted by Gasteiger charge is 2.49. The summed E-state index contributed by atoms with van der Waals surface area (Å²) >= 11 is 0. The molecule has 1 N–H and O–H groups in total. The Balaban J connectivity index is 2.25. The molecule has 1 heterocycles. The first-order chi connectivity index (χ1) is 10.6. The van der Waals surface area contributed by atoms with E-state index in [9.17, 15) is 5.21 Å². The zero-order chi connectivity index (χ0) is 17.3. The van der Waals surface area contributed by atoms with E-state index in [1.807, 2.05) is 44.2 Å². The van der Waals surface area contributed by atoms with Crippen LogP contribution in [0.5, 0.6) is 0 Å². The molecule has 4 heteroatoms. The van der Waals surface area contributed by atoms with Crippen molar-refractivity contribution < 1.29 is 14.7 Å². The molecule has 1 fully saturated rings. The van der Waals surface area contributed by atoms with Gasteiger partial charge in [-0.25, -0.2) is 0 Å². The summed E-state index contributed by atoms with van der Waals surface area (Å²) in [4.78, 5) is 0. The maximum Gasteiger partial charge on any atom is 0.164 e. The van der Waals surface area contributed by atoms with Gasteiger partial charge in [0.05, 0.1) is 6.04 Å². The molecule has 128 valence electrons. The molecule has 23 heavy (non-hydrogen) atoms. The van der Waals surface area contributed by atoms with E-state index in [-0.39, 0.29) is 23.7 Å². The SMILES string of the molecule is C=C[C@H]1OC(C)(C)O[C@H]1[C@H](N(O)Cc1ccccc1)C(C)(C)C. The van der Waals surface area contributed by atoms with Gasteiger partial charge in [-0.1, -0.05) is 57.2 Å². The standard InChI is InChI=1S/C19H29NO3/c1-7-15-16(23-19(5,6)22-15)17(18(2,3)4)20(21)13-14-11-9-8-10-12-14/h7-12,15-17,21H,1,13H2,2-6H3/t15-,16-,17+/m1/s1. The van der Waals surface area contributed by atoms with Gasteiger partial charge in [0.2, 0.25) is 0 Å². The predicted octanol–water partition coefficient (Wildman–Crippen LogP) is 4.00. The fourth-order valence-electron chi connectivity index (χ4n) is 3.22. The van der Waals surface area contributed by atoms with Crippen molar-refractivity contribution in [2.45, 2.75) is 65.2 Å². The maximum atomic E-state index is 10.8. The number of hydrogen-bond acceptors (Lipinski definition) is 4. The minimum Gasteiger partial charge on any atom is -0.342 e. The number of ether oxygens (including phenoxy) is 2. The Bertz CT molecular complexity index is 521. The second-order valence-electron chi connectivity index (χ2n) is 7.69. The summed E-state index contributed by atoms with van der Waals surface area (Å²) in [6, 6.07) is 9.69. The molecule has 0 radical (unpaired) electrons. The second-order valence-corrected chi connectivity index (χ2v) is 7.69. The first-order valence-corrected chi connectivity index (χ1v) is 8.12. The number of rotatable bonds is 5. The summed E-state index contributed by atoms with van der Waals surface area (Å²) < 4.78 is 12.0. The van der Waals surface area contributed by atoms with Crippen LogP contribution in [0.2, 0.25) is 0 Å². The van der Waals surface area contributed by atoms with Crippen LogP contribution in [0, 0.1) is 5.41 Å². The fourth-order valence-corrected chi connectivity index (χ4v) is 3.22. The van der Waals surface area contributed by atoms with Gasteiger partial charge in [-0.2, -0.15) is 5.06 Å². The molecule has 0 aliphatic carbocycles. The van der Waals surface area contributed by atoms with E-state index in [4.69, 9.17) is 9.47 Å². The third-order valence-electron chi connectivity index (χ3n) is 4.10. The van der Waals surface area contributed by atoms with Gasteiger partial charge >= 0.3 is 0 Å². The highest BCUT2D eigenvalue weighted by molar-refractivity contribution is 5.14. The number of benzene rings is 1. The van der Waals surface area contributed by atoms with Crippen LogP contribution in [0.1, 0.15) is 40.2 Å². The maximum absolute atomic E-state index is 10.8. The topological polar surface area (TPSA) is 41.9 Å². The van der Waals surface area contributed by atoms with Crippen molar-refractivity contribution in [1.29, 1.82) is 0 Å². The second kappa shape index (κ2) is 6.73. The number of nitrogens with zero attached hydrogens (tertiary/aromatic N) is 1. The van der Waals surface area contributed by atoms with E-state index >= 15 is 0 Å². The summed E-state index contributed by atoms with van der Waals surface area (Å²) in [5, 5.41) is 12.2. The zero-order valence-electron chi connectivity index (χ0n) is 14.8. The quantitative estimate of drug-likeness (QED) is 0.658. The van der Waals surface area contributed by atoms with Crippen molar-refractivity contribution >= 4 is 0 Å². The van der Waals surface area contributed by atoms with E-state index in [2.05, 4.69) is 27.4 Å². The lowest BCUT2D eigenvalue weighted by atomic mass is 9.81. The van der Waals surface area contributed by atoms with Crippen LogP contribution in [0.25, 0.3) is 0 Å². The van der Waals surface area contributed by atoms with Crippen molar-refractivity contribution in [3.8, 4) is 0 Å². The molecule has 1 saturated heterocycles. The molecule has 0 spiro atoms. The smallest absolute Gasteiger partial charge is 0.164 e. The summed E-state index contributed by atoms with van der Waals surface area (Å²) in [6.45, 7) is 14.4. The van der Waals surface area contributed by atoms with Crippen LogP contribution in [-0.4, -0.2) is 34.3 Å². The Kier molecular flexibility index (Phi) is 5.31. The molecule has 1 aliphatic rings. The first kappa shape index (κ1) is 18.1. The van der Waals surface area contributed by atoms with Gasteiger partial charge in [0.15, 0.2) is 5.79 Å². The highest BCUT2D eigenvalue weighted by atomic mass is 16.8. The molecule has 1 aromatic rings. The van der Waals surface area contributed by atoms with Crippen molar-refractivity contribution in [2.24, 2.45) is 5.41 Å². The normalized spacial score (nSPS) is 25.5. The van der Waals surface area contributed by atoms with Crippen LogP contribution in [0.4, 0.5) is 0 Å². The van der Waals surface area contributed by atoms with Crippen molar-refractivity contribution in [3.63, 3.8) is 0 Å². The third-order valence-corrected chi connectivity index (χ3v) is 4.10. The first-order valence-electron chi connectivity index (χ1n) is 8.12. The lowest BCUT2D eigenvalue weighted by molar-refractivity contribution is -0.210. The number of hydroxylamine groups is 2. The molecule has 2 rings (SSSR count). The van der Waals surface area contributed by atoms with Crippen LogP contribution in [-0.2, 0) is 16.0 Å². The predicted molar refractivity (Wildman–Crippen MR) is 91.0 cm³/mol. The van der Waals surface area contributed by atoms with Crippen molar-refractivity contribution in [3.05, 3.63) is 48.6 Å². The van der Waals surface area contributed by atoms with Crippen molar-refractivity contribution in [1.82, 2.24) is 5.06 Å². The van der Waals surface area contributed by atoms with Crippen LogP contribution >= 0.6 is 0 Å². The van der Waals surface area contributed by atoms with Gasteiger partial charge in [-0.05, 0) is 24.8 Å². The average Bonchev–Trinajstić information content (AvgIpc) is 2.73.